The molecule has 0 aliphatic heterocycles. The molecular formula is C16H16N2OS. The van der Waals surface area contributed by atoms with E-state index < -0.39 is 0 Å². The van der Waals surface area contributed by atoms with E-state index in [1.807, 2.05) is 55.1 Å². The molecule has 4 heteroatoms. The summed E-state index contributed by atoms with van der Waals surface area (Å²) in [7, 11) is 0. The fourth-order valence-corrected chi connectivity index (χ4v) is 3.14. The molecule has 0 saturated heterocycles. The van der Waals surface area contributed by atoms with Gasteiger partial charge in [-0.15, -0.1) is 11.3 Å². The molecule has 0 unspecified atom stereocenters. The van der Waals surface area contributed by atoms with E-state index in [1.165, 1.54) is 4.70 Å². The van der Waals surface area contributed by atoms with Gasteiger partial charge in [-0.25, -0.2) is 4.98 Å². The summed E-state index contributed by atoms with van der Waals surface area (Å²) in [4.78, 5) is 16.5. The molecule has 0 atom stereocenters. The van der Waals surface area contributed by atoms with Crippen LogP contribution in [-0.4, -0.2) is 15.3 Å². The van der Waals surface area contributed by atoms with Gasteiger partial charge in [-0.2, -0.15) is 0 Å². The zero-order valence-electron chi connectivity index (χ0n) is 11.5. The lowest BCUT2D eigenvalue weighted by Crippen LogP contribution is -2.06. The van der Waals surface area contributed by atoms with Crippen molar-refractivity contribution >= 4 is 27.3 Å². The average molecular weight is 284 g/mol. The van der Waals surface area contributed by atoms with Gasteiger partial charge in [0.2, 0.25) is 0 Å². The van der Waals surface area contributed by atoms with Gasteiger partial charge >= 0.3 is 0 Å². The summed E-state index contributed by atoms with van der Waals surface area (Å²) in [5.41, 5.74) is 1.82. The van der Waals surface area contributed by atoms with E-state index in [9.17, 15) is 4.79 Å². The predicted molar refractivity (Wildman–Crippen MR) is 82.3 cm³/mol. The lowest BCUT2D eigenvalue weighted by atomic mass is 10.0. The van der Waals surface area contributed by atoms with Gasteiger partial charge in [0.25, 0.3) is 0 Å². The van der Waals surface area contributed by atoms with E-state index in [0.717, 1.165) is 16.1 Å². The summed E-state index contributed by atoms with van der Waals surface area (Å²) in [6.45, 7) is 4.56. The SMILES string of the molecule is CC(C)C(=O)c1ccn(Cc2nc3ccccc3s2)c1. The summed E-state index contributed by atoms with van der Waals surface area (Å²) in [5.74, 6) is 0.223. The van der Waals surface area contributed by atoms with Crippen LogP contribution in [0.25, 0.3) is 10.2 Å². The maximum absolute atomic E-state index is 11.9. The highest BCUT2D eigenvalue weighted by atomic mass is 32.1. The second-order valence-corrected chi connectivity index (χ2v) is 6.28. The van der Waals surface area contributed by atoms with E-state index in [1.54, 1.807) is 11.3 Å². The molecule has 0 saturated carbocycles. The van der Waals surface area contributed by atoms with Gasteiger partial charge in [0, 0.05) is 23.9 Å². The van der Waals surface area contributed by atoms with Gasteiger partial charge in [0.1, 0.15) is 5.01 Å². The van der Waals surface area contributed by atoms with Gasteiger partial charge in [0.05, 0.1) is 16.8 Å². The van der Waals surface area contributed by atoms with Crippen molar-refractivity contribution in [3.8, 4) is 0 Å². The first-order valence-corrected chi connectivity index (χ1v) is 7.49. The van der Waals surface area contributed by atoms with Gasteiger partial charge in [0.15, 0.2) is 5.78 Å². The molecule has 0 amide bonds. The molecule has 0 bridgehead atoms. The fourth-order valence-electron chi connectivity index (χ4n) is 2.16. The molecule has 1 aromatic carbocycles. The van der Waals surface area contributed by atoms with E-state index in [2.05, 4.69) is 11.1 Å². The van der Waals surface area contributed by atoms with Crippen LogP contribution in [0, 0.1) is 5.92 Å². The summed E-state index contributed by atoms with van der Waals surface area (Å²) in [6, 6.07) is 10.0. The Morgan fingerprint density at radius 3 is 2.85 bits per heavy atom. The first-order chi connectivity index (χ1) is 9.63. The van der Waals surface area contributed by atoms with Crippen molar-refractivity contribution < 1.29 is 4.79 Å². The molecule has 0 aliphatic carbocycles. The Bertz CT molecular complexity index is 722. The van der Waals surface area contributed by atoms with Gasteiger partial charge < -0.3 is 4.57 Å². The van der Waals surface area contributed by atoms with Crippen molar-refractivity contribution in [2.75, 3.05) is 0 Å². The maximum Gasteiger partial charge on any atom is 0.166 e. The monoisotopic (exact) mass is 284 g/mol. The topological polar surface area (TPSA) is 34.9 Å². The van der Waals surface area contributed by atoms with Crippen LogP contribution >= 0.6 is 11.3 Å². The van der Waals surface area contributed by atoms with Crippen LogP contribution in [0.4, 0.5) is 0 Å². The highest BCUT2D eigenvalue weighted by Crippen LogP contribution is 2.22. The van der Waals surface area contributed by atoms with Gasteiger partial charge in [-0.05, 0) is 18.2 Å². The molecule has 3 rings (SSSR count). The third kappa shape index (κ3) is 2.51. The molecule has 0 aliphatic rings. The van der Waals surface area contributed by atoms with Crippen molar-refractivity contribution in [1.82, 2.24) is 9.55 Å². The molecule has 0 N–H and O–H groups in total. The molecule has 0 fully saturated rings. The molecule has 0 radical (unpaired) electrons. The van der Waals surface area contributed by atoms with E-state index in [-0.39, 0.29) is 11.7 Å². The summed E-state index contributed by atoms with van der Waals surface area (Å²) < 4.78 is 3.22. The number of rotatable bonds is 4. The Morgan fingerprint density at radius 1 is 1.30 bits per heavy atom. The van der Waals surface area contributed by atoms with Gasteiger partial charge in [-0.3, -0.25) is 4.79 Å². The number of carbonyl (C=O) groups is 1. The number of para-hydroxylation sites is 1. The van der Waals surface area contributed by atoms with Crippen LogP contribution in [0.1, 0.15) is 29.2 Å². The average Bonchev–Trinajstić information content (AvgIpc) is 3.03. The standard InChI is InChI=1S/C16H16N2OS/c1-11(2)16(19)12-7-8-18(9-12)10-15-17-13-5-3-4-6-14(13)20-15/h3-9,11H,10H2,1-2H3. The third-order valence-corrected chi connectivity index (χ3v) is 4.24. The lowest BCUT2D eigenvalue weighted by Gasteiger charge is -2.01. The molecule has 2 aromatic heterocycles. The number of aromatic nitrogens is 2. The van der Waals surface area contributed by atoms with Crippen LogP contribution < -0.4 is 0 Å². The zero-order valence-corrected chi connectivity index (χ0v) is 12.4. The first-order valence-electron chi connectivity index (χ1n) is 6.68. The van der Waals surface area contributed by atoms with Crippen LogP contribution in [0.2, 0.25) is 0 Å². The molecule has 3 nitrogen and oxygen atoms in total. The zero-order chi connectivity index (χ0) is 14.1. The number of nitrogens with zero attached hydrogens (tertiary/aromatic N) is 2. The highest BCUT2D eigenvalue weighted by molar-refractivity contribution is 7.18. The number of fused-ring (bicyclic) bond motifs is 1. The number of benzene rings is 1. The Balaban J connectivity index is 1.82. The number of carbonyl (C=O) groups excluding carboxylic acids is 1. The molecule has 102 valence electrons. The summed E-state index contributed by atoms with van der Waals surface area (Å²) >= 11 is 1.70. The summed E-state index contributed by atoms with van der Waals surface area (Å²) in [6.07, 6.45) is 3.86. The molecule has 3 aromatic rings. The number of thiazole rings is 1. The number of hydrogen-bond donors (Lipinski definition) is 0. The number of Topliss-reactive ketones (excluding diaryl/α,β-unsaturated/α-hetero) is 1. The highest BCUT2D eigenvalue weighted by Gasteiger charge is 2.12. The Labute approximate surface area is 121 Å². The molecule has 20 heavy (non-hydrogen) atoms. The Hall–Kier alpha value is -1.94. The minimum absolute atomic E-state index is 0.0355. The molecule has 0 spiro atoms. The minimum Gasteiger partial charge on any atom is -0.347 e. The molecular weight excluding hydrogens is 268 g/mol. The second kappa shape index (κ2) is 5.21. The quantitative estimate of drug-likeness (QED) is 0.679. The Kier molecular flexibility index (Phi) is 3.40. The van der Waals surface area contributed by atoms with Crippen molar-refractivity contribution in [3.63, 3.8) is 0 Å². The first kappa shape index (κ1) is 13.1. The van der Waals surface area contributed by atoms with Crippen molar-refractivity contribution in [2.24, 2.45) is 5.92 Å². The van der Waals surface area contributed by atoms with E-state index >= 15 is 0 Å². The van der Waals surface area contributed by atoms with E-state index in [4.69, 9.17) is 0 Å². The van der Waals surface area contributed by atoms with Crippen LogP contribution in [0.5, 0.6) is 0 Å². The van der Waals surface area contributed by atoms with E-state index in [0.29, 0.717) is 6.54 Å². The predicted octanol–water partition coefficient (Wildman–Crippen LogP) is 3.98. The van der Waals surface area contributed by atoms with Gasteiger partial charge in [-0.1, -0.05) is 26.0 Å². The fraction of sp³-hybridized carbons (Fsp3) is 0.250. The number of hydrogen-bond acceptors (Lipinski definition) is 3. The van der Waals surface area contributed by atoms with Crippen molar-refractivity contribution in [3.05, 3.63) is 53.3 Å². The van der Waals surface area contributed by atoms with Crippen LogP contribution in [0.15, 0.2) is 42.7 Å². The second-order valence-electron chi connectivity index (χ2n) is 5.17. The maximum atomic E-state index is 11.9. The minimum atomic E-state index is 0.0355. The van der Waals surface area contributed by atoms with Crippen LogP contribution in [0.3, 0.4) is 0 Å². The smallest absolute Gasteiger partial charge is 0.166 e. The third-order valence-electron chi connectivity index (χ3n) is 3.22. The summed E-state index contributed by atoms with van der Waals surface area (Å²) in [5, 5.41) is 1.06. The van der Waals surface area contributed by atoms with Crippen molar-refractivity contribution in [2.45, 2.75) is 20.4 Å². The molecule has 2 heterocycles. The Morgan fingerprint density at radius 2 is 2.10 bits per heavy atom. The normalized spacial score (nSPS) is 11.3. The lowest BCUT2D eigenvalue weighted by molar-refractivity contribution is 0.0939. The van der Waals surface area contributed by atoms with Crippen LogP contribution in [-0.2, 0) is 6.54 Å². The largest absolute Gasteiger partial charge is 0.347 e. The number of ketones is 1. The van der Waals surface area contributed by atoms with Crippen molar-refractivity contribution in [1.29, 1.82) is 0 Å².